The summed E-state index contributed by atoms with van der Waals surface area (Å²) in [5, 5.41) is 11.9. The highest BCUT2D eigenvalue weighted by atomic mass is 19.1. The summed E-state index contributed by atoms with van der Waals surface area (Å²) in [6, 6.07) is 1.20. The molecule has 0 unspecified atom stereocenters. The molecule has 3 aromatic rings. The summed E-state index contributed by atoms with van der Waals surface area (Å²) in [5.41, 5.74) is 8.60. The molecule has 2 aromatic heterocycles. The number of aromatic carboxylic acids is 1. The van der Waals surface area contributed by atoms with Crippen molar-refractivity contribution in [2.24, 2.45) is 11.7 Å². The molecule has 0 spiro atoms. The Hall–Kier alpha value is -4.13. The first kappa shape index (κ1) is 25.9. The highest BCUT2D eigenvalue weighted by Crippen LogP contribution is 2.28. The Morgan fingerprint density at radius 3 is 2.51 bits per heavy atom. The number of nitrogens with two attached hydrogens (primary N) is 2. The van der Waals surface area contributed by atoms with E-state index in [0.29, 0.717) is 19.0 Å². The van der Waals surface area contributed by atoms with Crippen LogP contribution in [-0.4, -0.2) is 51.7 Å². The van der Waals surface area contributed by atoms with Crippen LogP contribution < -0.4 is 27.1 Å². The van der Waals surface area contributed by atoms with E-state index in [0.717, 1.165) is 22.9 Å². The molecule has 196 valence electrons. The molecule has 10 nitrogen and oxygen atoms in total. The zero-order chi connectivity index (χ0) is 27.2. The lowest BCUT2D eigenvalue weighted by atomic mass is 10.0. The van der Waals surface area contributed by atoms with Gasteiger partial charge in [-0.15, -0.1) is 0 Å². The van der Waals surface area contributed by atoms with Gasteiger partial charge in [0.15, 0.2) is 17.3 Å². The highest BCUT2D eigenvalue weighted by molar-refractivity contribution is 5.92. The topological polar surface area (TPSA) is 157 Å². The SMILES string of the molecule is CC(C)[C@H](N)C(=O)N[C@H]1CCN(c2nc3c(cc2F)c(=O)c(C(=O)O)cn3-c2cc(N)c(F)cc2F)C1. The van der Waals surface area contributed by atoms with Crippen molar-refractivity contribution in [1.82, 2.24) is 14.9 Å². The summed E-state index contributed by atoms with van der Waals surface area (Å²) in [6.07, 6.45) is 1.29. The molecule has 0 aliphatic carbocycles. The number of fused-ring (bicyclic) bond motifs is 1. The van der Waals surface area contributed by atoms with E-state index < -0.39 is 51.5 Å². The molecule has 4 rings (SSSR count). The molecule has 1 amide bonds. The number of carboxylic acids is 1. The molecular formula is C24H25F3N6O4. The Morgan fingerprint density at radius 1 is 1.16 bits per heavy atom. The second-order valence-corrected chi connectivity index (χ2v) is 9.25. The fourth-order valence-electron chi connectivity index (χ4n) is 4.18. The first-order chi connectivity index (χ1) is 17.4. The van der Waals surface area contributed by atoms with E-state index in [9.17, 15) is 28.3 Å². The fourth-order valence-corrected chi connectivity index (χ4v) is 4.18. The van der Waals surface area contributed by atoms with Gasteiger partial charge in [-0.25, -0.2) is 22.9 Å². The first-order valence-electron chi connectivity index (χ1n) is 11.4. The second-order valence-electron chi connectivity index (χ2n) is 9.25. The van der Waals surface area contributed by atoms with Gasteiger partial charge >= 0.3 is 5.97 Å². The zero-order valence-electron chi connectivity index (χ0n) is 20.0. The van der Waals surface area contributed by atoms with Crippen LogP contribution in [0, 0.1) is 23.4 Å². The largest absolute Gasteiger partial charge is 0.477 e. The Balaban J connectivity index is 1.81. The molecule has 1 fully saturated rings. The van der Waals surface area contributed by atoms with Crippen molar-refractivity contribution in [3.63, 3.8) is 0 Å². The predicted molar refractivity (Wildman–Crippen MR) is 130 cm³/mol. The molecular weight excluding hydrogens is 493 g/mol. The normalized spacial score (nSPS) is 16.4. The number of hydrogen-bond acceptors (Lipinski definition) is 7. The molecule has 1 aliphatic rings. The summed E-state index contributed by atoms with van der Waals surface area (Å²) < 4.78 is 44.6. The van der Waals surface area contributed by atoms with Crippen LogP contribution in [0.2, 0.25) is 0 Å². The summed E-state index contributed by atoms with van der Waals surface area (Å²) >= 11 is 0. The maximum absolute atomic E-state index is 15.2. The lowest BCUT2D eigenvalue weighted by Crippen LogP contribution is -2.48. The minimum Gasteiger partial charge on any atom is -0.477 e. The Kier molecular flexibility index (Phi) is 6.82. The zero-order valence-corrected chi connectivity index (χ0v) is 20.0. The number of carbonyl (C=O) groups excluding carboxylic acids is 1. The summed E-state index contributed by atoms with van der Waals surface area (Å²) in [7, 11) is 0. The average molecular weight is 518 g/mol. The van der Waals surface area contributed by atoms with E-state index in [1.54, 1.807) is 0 Å². The molecule has 1 aliphatic heterocycles. The summed E-state index contributed by atoms with van der Waals surface area (Å²) in [4.78, 5) is 42.6. The van der Waals surface area contributed by atoms with Gasteiger partial charge < -0.3 is 26.8 Å². The Morgan fingerprint density at radius 2 is 1.86 bits per heavy atom. The quantitative estimate of drug-likeness (QED) is 0.360. The monoisotopic (exact) mass is 518 g/mol. The number of nitrogens with zero attached hydrogens (tertiary/aromatic N) is 3. The fraction of sp³-hybridized carbons (Fsp3) is 0.333. The standard InChI is InChI=1S/C24H25F3N6O4/c1-10(2)19(29)23(35)30-11-3-4-32(8-11)22-16(27)5-12-20(34)13(24(36)37)9-33(21(12)31-22)18-7-17(28)14(25)6-15(18)26/h5-7,9-11,19H,3-4,8,28-29H2,1-2H3,(H,30,35)(H,36,37)/t11-,19-/m0/s1. The maximum Gasteiger partial charge on any atom is 0.341 e. The lowest BCUT2D eigenvalue weighted by molar-refractivity contribution is -0.123. The third kappa shape index (κ3) is 4.81. The van der Waals surface area contributed by atoms with E-state index >= 15 is 4.39 Å². The predicted octanol–water partition coefficient (Wildman–Crippen LogP) is 1.76. The van der Waals surface area contributed by atoms with Gasteiger partial charge in [0.2, 0.25) is 11.3 Å². The number of hydrogen-bond donors (Lipinski definition) is 4. The Labute approximate surface area is 208 Å². The third-order valence-electron chi connectivity index (χ3n) is 6.32. The number of rotatable bonds is 6. The van der Waals surface area contributed by atoms with Crippen molar-refractivity contribution in [3.8, 4) is 5.69 Å². The number of pyridine rings is 2. The number of carboxylic acid groups (broad SMARTS) is 1. The van der Waals surface area contributed by atoms with Gasteiger partial charge in [-0.3, -0.25) is 14.2 Å². The molecule has 0 saturated carbocycles. The van der Waals surface area contributed by atoms with Crippen molar-refractivity contribution in [2.75, 3.05) is 23.7 Å². The number of nitrogen functional groups attached to an aromatic ring is 1. The van der Waals surface area contributed by atoms with E-state index in [1.165, 1.54) is 4.90 Å². The molecule has 1 aromatic carbocycles. The van der Waals surface area contributed by atoms with Crippen LogP contribution in [0.4, 0.5) is 24.7 Å². The highest BCUT2D eigenvalue weighted by Gasteiger charge is 2.30. The van der Waals surface area contributed by atoms with Gasteiger partial charge in [-0.1, -0.05) is 13.8 Å². The van der Waals surface area contributed by atoms with Crippen molar-refractivity contribution < 1.29 is 27.9 Å². The van der Waals surface area contributed by atoms with Crippen LogP contribution in [0.25, 0.3) is 16.7 Å². The second kappa shape index (κ2) is 9.73. The molecule has 0 radical (unpaired) electrons. The number of benzene rings is 1. The van der Waals surface area contributed by atoms with Crippen LogP contribution in [0.1, 0.15) is 30.6 Å². The lowest BCUT2D eigenvalue weighted by Gasteiger charge is -2.22. The molecule has 0 bridgehead atoms. The van der Waals surface area contributed by atoms with Crippen molar-refractivity contribution in [3.05, 3.63) is 57.6 Å². The molecule has 3 heterocycles. The average Bonchev–Trinajstić information content (AvgIpc) is 3.29. The van der Waals surface area contributed by atoms with Crippen molar-refractivity contribution >= 4 is 34.4 Å². The smallest absolute Gasteiger partial charge is 0.341 e. The van der Waals surface area contributed by atoms with Crippen LogP contribution in [-0.2, 0) is 4.79 Å². The molecule has 13 heteroatoms. The van der Waals surface area contributed by atoms with E-state index in [-0.39, 0.29) is 41.6 Å². The number of anilines is 2. The summed E-state index contributed by atoms with van der Waals surface area (Å²) in [6.45, 7) is 4.10. The summed E-state index contributed by atoms with van der Waals surface area (Å²) in [5.74, 6) is -5.29. The number of nitrogens with one attached hydrogen (secondary N) is 1. The van der Waals surface area contributed by atoms with Crippen LogP contribution in [0.15, 0.2) is 29.2 Å². The Bertz CT molecular complexity index is 1480. The van der Waals surface area contributed by atoms with Crippen LogP contribution >= 0.6 is 0 Å². The van der Waals surface area contributed by atoms with Gasteiger partial charge in [0.25, 0.3) is 0 Å². The van der Waals surface area contributed by atoms with Crippen molar-refractivity contribution in [1.29, 1.82) is 0 Å². The first-order valence-corrected chi connectivity index (χ1v) is 11.4. The molecule has 37 heavy (non-hydrogen) atoms. The number of amides is 1. The van der Waals surface area contributed by atoms with Crippen molar-refractivity contribution in [2.45, 2.75) is 32.4 Å². The van der Waals surface area contributed by atoms with E-state index in [4.69, 9.17) is 11.5 Å². The minimum atomic E-state index is -1.63. The van der Waals surface area contributed by atoms with Gasteiger partial charge in [0, 0.05) is 31.4 Å². The maximum atomic E-state index is 15.2. The van der Waals surface area contributed by atoms with Gasteiger partial charge in [0.1, 0.15) is 17.2 Å². The molecule has 2 atom stereocenters. The third-order valence-corrected chi connectivity index (χ3v) is 6.32. The number of carbonyl (C=O) groups is 2. The van der Waals surface area contributed by atoms with Gasteiger partial charge in [-0.2, -0.15) is 0 Å². The minimum absolute atomic E-state index is 0.0783. The van der Waals surface area contributed by atoms with E-state index in [1.807, 2.05) is 13.8 Å². The number of aromatic nitrogens is 2. The molecule has 6 N–H and O–H groups in total. The molecule has 1 saturated heterocycles. The van der Waals surface area contributed by atoms with Crippen LogP contribution in [0.5, 0.6) is 0 Å². The van der Waals surface area contributed by atoms with Crippen LogP contribution in [0.3, 0.4) is 0 Å². The van der Waals surface area contributed by atoms with E-state index in [2.05, 4.69) is 10.3 Å². The van der Waals surface area contributed by atoms with Gasteiger partial charge in [0.05, 0.1) is 22.8 Å². The van der Waals surface area contributed by atoms with Gasteiger partial charge in [-0.05, 0) is 24.5 Å². The number of halogens is 3.